The van der Waals surface area contributed by atoms with E-state index in [9.17, 15) is 0 Å². The lowest BCUT2D eigenvalue weighted by atomic mass is 10.00. The van der Waals surface area contributed by atoms with Gasteiger partial charge in [0, 0.05) is 11.2 Å². The van der Waals surface area contributed by atoms with Crippen molar-refractivity contribution in [1.29, 1.82) is 0 Å². The number of fused-ring (bicyclic) bond motifs is 1. The summed E-state index contributed by atoms with van der Waals surface area (Å²) >= 11 is 4.59. The highest BCUT2D eigenvalue weighted by Crippen LogP contribution is 2.44. The minimum Gasteiger partial charge on any atom is -0.378 e. The Bertz CT molecular complexity index is 306. The van der Waals surface area contributed by atoms with Crippen molar-refractivity contribution >= 4 is 18.3 Å². The van der Waals surface area contributed by atoms with Gasteiger partial charge in [-0.3, -0.25) is 0 Å². The molecule has 0 spiro atoms. The van der Waals surface area contributed by atoms with Crippen LogP contribution in [0.3, 0.4) is 0 Å². The topological polar surface area (TPSA) is 12.0 Å². The molecule has 1 atom stereocenters. The van der Waals surface area contributed by atoms with Crippen molar-refractivity contribution in [3.8, 4) is 0 Å². The highest BCUT2D eigenvalue weighted by molar-refractivity contribution is 7.80. The first kappa shape index (κ1) is 7.99. The van der Waals surface area contributed by atoms with E-state index >= 15 is 0 Å². The summed E-state index contributed by atoms with van der Waals surface area (Å²) < 4.78 is 0. The molecule has 1 N–H and O–H groups in total. The van der Waals surface area contributed by atoms with Gasteiger partial charge in [-0.15, -0.1) is 0 Å². The zero-order valence-electron chi connectivity index (χ0n) is 7.33. The molecule has 0 bridgehead atoms. The Morgan fingerprint density at radius 2 is 2.00 bits per heavy atom. The fourth-order valence-electron chi connectivity index (χ4n) is 1.65. The SMILES string of the molecule is CC1(C)Nc2ccccc2C1S. The molecule has 0 amide bonds. The molecule has 0 radical (unpaired) electrons. The maximum Gasteiger partial charge on any atom is 0.0512 e. The van der Waals surface area contributed by atoms with Crippen LogP contribution in [-0.2, 0) is 0 Å². The molecule has 0 saturated heterocycles. The first-order valence-electron chi connectivity index (χ1n) is 4.16. The molecule has 2 heteroatoms. The Labute approximate surface area is 78.6 Å². The second-order valence-electron chi connectivity index (χ2n) is 3.84. The van der Waals surface area contributed by atoms with E-state index < -0.39 is 0 Å². The third-order valence-corrected chi connectivity index (χ3v) is 3.32. The molecule has 1 aromatic carbocycles. The smallest absolute Gasteiger partial charge is 0.0512 e. The van der Waals surface area contributed by atoms with Crippen molar-refractivity contribution in [3.05, 3.63) is 29.8 Å². The van der Waals surface area contributed by atoms with Gasteiger partial charge >= 0.3 is 0 Å². The van der Waals surface area contributed by atoms with Crippen molar-refractivity contribution in [1.82, 2.24) is 0 Å². The Morgan fingerprint density at radius 1 is 1.33 bits per heavy atom. The van der Waals surface area contributed by atoms with Gasteiger partial charge in [-0.2, -0.15) is 12.6 Å². The molecule has 0 fully saturated rings. The number of anilines is 1. The zero-order chi connectivity index (χ0) is 8.77. The lowest BCUT2D eigenvalue weighted by Crippen LogP contribution is -2.29. The highest BCUT2D eigenvalue weighted by atomic mass is 32.1. The van der Waals surface area contributed by atoms with Crippen LogP contribution in [-0.4, -0.2) is 5.54 Å². The van der Waals surface area contributed by atoms with Crippen LogP contribution in [0.15, 0.2) is 24.3 Å². The average molecular weight is 179 g/mol. The standard InChI is InChI=1S/C10H13NS/c1-10(2)9(12)7-5-3-4-6-8(7)11-10/h3-6,9,11-12H,1-2H3. The van der Waals surface area contributed by atoms with Crippen molar-refractivity contribution in [3.63, 3.8) is 0 Å². The number of thiol groups is 1. The molecule has 1 nitrogen and oxygen atoms in total. The summed E-state index contributed by atoms with van der Waals surface area (Å²) in [5, 5.41) is 3.75. The van der Waals surface area contributed by atoms with Gasteiger partial charge in [-0.1, -0.05) is 18.2 Å². The largest absolute Gasteiger partial charge is 0.378 e. The summed E-state index contributed by atoms with van der Waals surface area (Å²) in [7, 11) is 0. The quantitative estimate of drug-likeness (QED) is 0.584. The molecule has 0 saturated carbocycles. The fraction of sp³-hybridized carbons (Fsp3) is 0.400. The van der Waals surface area contributed by atoms with Crippen LogP contribution in [0.2, 0.25) is 0 Å². The van der Waals surface area contributed by atoms with Crippen molar-refractivity contribution in [2.24, 2.45) is 0 Å². The summed E-state index contributed by atoms with van der Waals surface area (Å²) in [4.78, 5) is 0. The number of para-hydroxylation sites is 1. The number of benzene rings is 1. The Morgan fingerprint density at radius 3 is 2.67 bits per heavy atom. The first-order valence-corrected chi connectivity index (χ1v) is 4.68. The Balaban J connectivity index is 2.49. The number of hydrogen-bond donors (Lipinski definition) is 2. The van der Waals surface area contributed by atoms with Crippen molar-refractivity contribution in [2.75, 3.05) is 5.32 Å². The summed E-state index contributed by atoms with van der Waals surface area (Å²) in [6.07, 6.45) is 0. The van der Waals surface area contributed by atoms with Crippen LogP contribution >= 0.6 is 12.6 Å². The molecule has 0 aliphatic carbocycles. The molecular formula is C10H13NS. The fourth-order valence-corrected chi connectivity index (χ4v) is 1.94. The van der Waals surface area contributed by atoms with E-state index in [1.807, 2.05) is 6.07 Å². The van der Waals surface area contributed by atoms with Crippen LogP contribution in [0.5, 0.6) is 0 Å². The normalized spacial score (nSPS) is 24.8. The zero-order valence-corrected chi connectivity index (χ0v) is 8.23. The lowest BCUT2D eigenvalue weighted by molar-refractivity contribution is 0.585. The first-order chi connectivity index (χ1) is 5.61. The van der Waals surface area contributed by atoms with Gasteiger partial charge < -0.3 is 5.32 Å². The van der Waals surface area contributed by atoms with Crippen LogP contribution in [0.1, 0.15) is 24.7 Å². The van der Waals surface area contributed by atoms with E-state index in [-0.39, 0.29) is 5.54 Å². The second kappa shape index (κ2) is 2.43. The van der Waals surface area contributed by atoms with E-state index in [2.05, 4.69) is 50.0 Å². The summed E-state index contributed by atoms with van der Waals surface area (Å²) in [6.45, 7) is 4.34. The van der Waals surface area contributed by atoms with Crippen LogP contribution in [0, 0.1) is 0 Å². The minimum absolute atomic E-state index is 0.0762. The molecule has 1 heterocycles. The van der Waals surface area contributed by atoms with Gasteiger partial charge in [0.05, 0.1) is 5.25 Å². The predicted octanol–water partition coefficient (Wildman–Crippen LogP) is 2.86. The average Bonchev–Trinajstić information content (AvgIpc) is 2.24. The molecule has 1 aliphatic heterocycles. The molecule has 64 valence electrons. The predicted molar refractivity (Wildman–Crippen MR) is 55.9 cm³/mol. The van der Waals surface area contributed by atoms with Gasteiger partial charge in [0.15, 0.2) is 0 Å². The van der Waals surface area contributed by atoms with Gasteiger partial charge in [0.25, 0.3) is 0 Å². The van der Waals surface area contributed by atoms with Gasteiger partial charge in [0.1, 0.15) is 0 Å². The Hall–Kier alpha value is -0.630. The second-order valence-corrected chi connectivity index (χ2v) is 4.35. The number of hydrogen-bond acceptors (Lipinski definition) is 2. The third-order valence-electron chi connectivity index (χ3n) is 2.40. The number of nitrogens with one attached hydrogen (secondary N) is 1. The van der Waals surface area contributed by atoms with E-state index in [4.69, 9.17) is 0 Å². The maximum atomic E-state index is 4.59. The van der Waals surface area contributed by atoms with Crippen molar-refractivity contribution in [2.45, 2.75) is 24.6 Å². The molecule has 1 unspecified atom stereocenters. The molecule has 1 aromatic rings. The van der Waals surface area contributed by atoms with Crippen molar-refractivity contribution < 1.29 is 0 Å². The van der Waals surface area contributed by atoms with Gasteiger partial charge in [-0.05, 0) is 25.5 Å². The molecule has 2 rings (SSSR count). The monoisotopic (exact) mass is 179 g/mol. The van der Waals surface area contributed by atoms with Gasteiger partial charge in [-0.25, -0.2) is 0 Å². The van der Waals surface area contributed by atoms with E-state index in [0.29, 0.717) is 5.25 Å². The molecule has 0 aromatic heterocycles. The third kappa shape index (κ3) is 1.02. The molecular weight excluding hydrogens is 166 g/mol. The minimum atomic E-state index is 0.0762. The highest BCUT2D eigenvalue weighted by Gasteiger charge is 2.35. The summed E-state index contributed by atoms with van der Waals surface area (Å²) in [5.41, 5.74) is 2.61. The van der Waals surface area contributed by atoms with E-state index in [1.54, 1.807) is 0 Å². The van der Waals surface area contributed by atoms with Crippen LogP contribution in [0.4, 0.5) is 5.69 Å². The number of rotatable bonds is 0. The van der Waals surface area contributed by atoms with Crippen LogP contribution < -0.4 is 5.32 Å². The van der Waals surface area contributed by atoms with E-state index in [0.717, 1.165) is 0 Å². The summed E-state index contributed by atoms with van der Waals surface area (Å²) in [6, 6.07) is 8.35. The maximum absolute atomic E-state index is 4.59. The summed E-state index contributed by atoms with van der Waals surface area (Å²) in [5.74, 6) is 0. The molecule has 1 aliphatic rings. The van der Waals surface area contributed by atoms with Gasteiger partial charge in [0.2, 0.25) is 0 Å². The van der Waals surface area contributed by atoms with E-state index in [1.165, 1.54) is 11.3 Å². The molecule has 12 heavy (non-hydrogen) atoms. The Kier molecular flexibility index (Phi) is 1.62. The lowest BCUT2D eigenvalue weighted by Gasteiger charge is -2.23. The van der Waals surface area contributed by atoms with Crippen LogP contribution in [0.25, 0.3) is 0 Å².